The van der Waals surface area contributed by atoms with Crippen LogP contribution in [-0.4, -0.2) is 37.9 Å². The number of fused-ring (bicyclic) bond motifs is 1. The van der Waals surface area contributed by atoms with E-state index in [1.54, 1.807) is 23.9 Å². The van der Waals surface area contributed by atoms with E-state index in [4.69, 9.17) is 28.0 Å². The number of carbonyl (C=O) groups excluding carboxylic acids is 1. The summed E-state index contributed by atoms with van der Waals surface area (Å²) in [6.45, 7) is 2.07. The lowest BCUT2D eigenvalue weighted by atomic mass is 9.84. The smallest absolute Gasteiger partial charge is 0.374 e. The van der Waals surface area contributed by atoms with Gasteiger partial charge in [0.25, 0.3) is 5.60 Å². The van der Waals surface area contributed by atoms with Crippen molar-refractivity contribution in [2.45, 2.75) is 31.5 Å². The molecule has 0 radical (unpaired) electrons. The summed E-state index contributed by atoms with van der Waals surface area (Å²) in [5, 5.41) is 3.91. The first kappa shape index (κ1) is 23.8. The molecule has 178 valence electrons. The molecule has 12 heteroatoms. The van der Waals surface area contributed by atoms with Crippen LogP contribution in [0.5, 0.6) is 0 Å². The number of nitrogens with zero attached hydrogens (tertiary/aromatic N) is 3. The Bertz CT molecular complexity index is 1320. The van der Waals surface area contributed by atoms with Crippen molar-refractivity contribution in [2.24, 2.45) is 10.6 Å². The van der Waals surface area contributed by atoms with Gasteiger partial charge in [0.2, 0.25) is 0 Å². The first-order valence-corrected chi connectivity index (χ1v) is 12.8. The molecule has 3 heterocycles. The summed E-state index contributed by atoms with van der Waals surface area (Å²) < 4.78 is 51.5. The first-order valence-electron chi connectivity index (χ1n) is 10.2. The van der Waals surface area contributed by atoms with E-state index < -0.39 is 18.2 Å². The van der Waals surface area contributed by atoms with Crippen LogP contribution in [0.3, 0.4) is 0 Å². The average Bonchev–Trinajstić information content (AvgIpc) is 3.39. The molecule has 5 rings (SSSR count). The van der Waals surface area contributed by atoms with Gasteiger partial charge in [0, 0.05) is 33.2 Å². The molecule has 2 aliphatic heterocycles. The molecule has 3 aromatic rings. The molecule has 0 saturated carbocycles. The number of alkyl halides is 3. The van der Waals surface area contributed by atoms with Crippen LogP contribution < -0.4 is 0 Å². The third-order valence-electron chi connectivity index (χ3n) is 6.03. The van der Waals surface area contributed by atoms with Crippen LogP contribution in [0.25, 0.3) is 11.0 Å². The van der Waals surface area contributed by atoms with E-state index in [2.05, 4.69) is 20.8 Å². The van der Waals surface area contributed by atoms with Crippen molar-refractivity contribution in [3.63, 3.8) is 0 Å². The van der Waals surface area contributed by atoms with E-state index >= 15 is 0 Å². The van der Waals surface area contributed by atoms with Crippen LogP contribution in [-0.2, 0) is 10.4 Å². The molecule has 1 atom stereocenters. The lowest BCUT2D eigenvalue weighted by molar-refractivity contribution is -0.275. The van der Waals surface area contributed by atoms with E-state index in [1.807, 2.05) is 0 Å². The van der Waals surface area contributed by atoms with E-state index in [0.717, 1.165) is 23.2 Å². The molecule has 34 heavy (non-hydrogen) atoms. The van der Waals surface area contributed by atoms with Gasteiger partial charge in [-0.25, -0.2) is 0 Å². The molecule has 1 saturated heterocycles. The predicted octanol–water partition coefficient (Wildman–Crippen LogP) is 6.91. The minimum absolute atomic E-state index is 0.0486. The lowest BCUT2D eigenvalue weighted by Gasteiger charge is -2.37. The number of oxime groups is 1. The molecule has 1 unspecified atom stereocenters. The van der Waals surface area contributed by atoms with Gasteiger partial charge in [-0.2, -0.15) is 33.7 Å². The standard InChI is InChI=1S/C22H16Cl2F3N3O2S2/c1-20(9-33-10-20)8-17(31)15-3-2-14(18-19(15)30-34-29-18)16-7-21(32-28-16,22(25,26)27)11-4-12(23)6-13(24)5-11/h2-6H,7-10H2,1H3. The van der Waals surface area contributed by atoms with Crippen molar-refractivity contribution in [1.29, 1.82) is 0 Å². The number of carbonyl (C=O) groups is 1. The molecule has 2 aromatic carbocycles. The van der Waals surface area contributed by atoms with Crippen LogP contribution in [0.15, 0.2) is 35.5 Å². The molecule has 0 amide bonds. The number of hydrogen-bond donors (Lipinski definition) is 0. The highest BCUT2D eigenvalue weighted by Crippen LogP contribution is 2.50. The van der Waals surface area contributed by atoms with Crippen LogP contribution in [0, 0.1) is 5.41 Å². The Morgan fingerprint density at radius 2 is 1.79 bits per heavy atom. The predicted molar refractivity (Wildman–Crippen MR) is 128 cm³/mol. The molecular weight excluding hydrogens is 530 g/mol. The number of thioether (sulfide) groups is 1. The van der Waals surface area contributed by atoms with E-state index in [9.17, 15) is 18.0 Å². The van der Waals surface area contributed by atoms with Crippen molar-refractivity contribution in [2.75, 3.05) is 11.5 Å². The summed E-state index contributed by atoms with van der Waals surface area (Å²) in [4.78, 5) is 18.1. The summed E-state index contributed by atoms with van der Waals surface area (Å²) in [6, 6.07) is 6.83. The molecular formula is C22H16Cl2F3N3O2S2. The highest BCUT2D eigenvalue weighted by atomic mass is 35.5. The largest absolute Gasteiger partial charge is 0.435 e. The zero-order valence-electron chi connectivity index (χ0n) is 17.6. The molecule has 2 aliphatic rings. The summed E-state index contributed by atoms with van der Waals surface area (Å²) in [5.74, 6) is 1.77. The number of Topliss-reactive ketones (excluding diaryl/α,β-unsaturated/α-hetero) is 1. The van der Waals surface area contributed by atoms with Gasteiger partial charge in [0.15, 0.2) is 5.78 Å². The first-order chi connectivity index (χ1) is 16.0. The van der Waals surface area contributed by atoms with Gasteiger partial charge in [-0.1, -0.05) is 35.3 Å². The topological polar surface area (TPSA) is 64.4 Å². The van der Waals surface area contributed by atoms with Gasteiger partial charge in [0.1, 0.15) is 11.0 Å². The SMILES string of the molecule is CC1(CC(=O)c2ccc(C3=NOC(c4cc(Cl)cc(Cl)c4)(C(F)(F)F)C3)c3nsnc23)CSC1. The second-order valence-electron chi connectivity index (χ2n) is 8.81. The molecule has 0 N–H and O–H groups in total. The summed E-state index contributed by atoms with van der Waals surface area (Å²) in [5.41, 5.74) is -1.56. The molecule has 5 nitrogen and oxygen atoms in total. The highest BCUT2D eigenvalue weighted by Gasteiger charge is 2.62. The summed E-state index contributed by atoms with van der Waals surface area (Å²) in [7, 11) is 0. The molecule has 1 fully saturated rings. The van der Waals surface area contributed by atoms with Crippen LogP contribution in [0.4, 0.5) is 13.2 Å². The molecule has 0 spiro atoms. The summed E-state index contributed by atoms with van der Waals surface area (Å²) in [6.07, 6.45) is -5.04. The monoisotopic (exact) mass is 545 g/mol. The highest BCUT2D eigenvalue weighted by molar-refractivity contribution is 8.00. The quantitative estimate of drug-likeness (QED) is 0.326. The van der Waals surface area contributed by atoms with Crippen LogP contribution in [0.1, 0.15) is 41.3 Å². The Morgan fingerprint density at radius 3 is 2.41 bits per heavy atom. The van der Waals surface area contributed by atoms with Gasteiger partial charge in [0.05, 0.1) is 23.9 Å². The van der Waals surface area contributed by atoms with E-state index in [1.165, 1.54) is 18.2 Å². The van der Waals surface area contributed by atoms with Crippen LogP contribution in [0.2, 0.25) is 10.0 Å². The Balaban J connectivity index is 1.51. The maximum absolute atomic E-state index is 14.3. The van der Waals surface area contributed by atoms with Crippen molar-refractivity contribution in [3.8, 4) is 0 Å². The Kier molecular flexibility index (Phi) is 5.86. The zero-order valence-corrected chi connectivity index (χ0v) is 20.7. The third-order valence-corrected chi connectivity index (χ3v) is 8.80. The van der Waals surface area contributed by atoms with Crippen molar-refractivity contribution < 1.29 is 22.8 Å². The zero-order chi connectivity index (χ0) is 24.3. The van der Waals surface area contributed by atoms with E-state index in [0.29, 0.717) is 28.6 Å². The number of aromatic nitrogens is 2. The maximum Gasteiger partial charge on any atom is 0.435 e. The minimum Gasteiger partial charge on any atom is -0.374 e. The van der Waals surface area contributed by atoms with Gasteiger partial charge in [-0.3, -0.25) is 4.79 Å². The van der Waals surface area contributed by atoms with Crippen molar-refractivity contribution >= 4 is 69.2 Å². The fourth-order valence-electron chi connectivity index (χ4n) is 4.20. The minimum atomic E-state index is -4.81. The van der Waals surface area contributed by atoms with Gasteiger partial charge in [-0.15, -0.1) is 0 Å². The lowest BCUT2D eigenvalue weighted by Crippen LogP contribution is -2.42. The third kappa shape index (κ3) is 3.98. The number of benzene rings is 2. The number of rotatable bonds is 5. The molecule has 0 bridgehead atoms. The normalized spacial score (nSPS) is 21.8. The fraction of sp³-hybridized carbons (Fsp3) is 0.364. The van der Waals surface area contributed by atoms with Crippen LogP contribution >= 0.6 is 46.7 Å². The fourth-order valence-corrected chi connectivity index (χ4v) is 6.40. The molecule has 0 aliphatic carbocycles. The summed E-state index contributed by atoms with van der Waals surface area (Å²) >= 11 is 14.6. The molecule has 1 aromatic heterocycles. The maximum atomic E-state index is 14.3. The van der Waals surface area contributed by atoms with Gasteiger partial charge < -0.3 is 4.84 Å². The second-order valence-corrected chi connectivity index (χ2v) is 11.2. The Labute approximate surface area is 211 Å². The Hall–Kier alpha value is -1.88. The van der Waals surface area contributed by atoms with E-state index in [-0.39, 0.29) is 32.5 Å². The van der Waals surface area contributed by atoms with Crippen molar-refractivity contribution in [1.82, 2.24) is 8.75 Å². The number of hydrogen-bond acceptors (Lipinski definition) is 7. The van der Waals surface area contributed by atoms with Gasteiger partial charge in [-0.05, 0) is 47.3 Å². The van der Waals surface area contributed by atoms with Crippen molar-refractivity contribution in [3.05, 3.63) is 57.1 Å². The van der Waals surface area contributed by atoms with Gasteiger partial charge >= 0.3 is 6.18 Å². The number of halogens is 5. The Morgan fingerprint density at radius 1 is 1.12 bits per heavy atom. The number of ketones is 1. The second kappa shape index (κ2) is 8.36. The average molecular weight is 546 g/mol.